The maximum Gasteiger partial charge on any atom is 0.344 e. The highest BCUT2D eigenvalue weighted by Gasteiger charge is 2.11. The normalized spacial score (nSPS) is 10.5. The second-order valence-corrected chi connectivity index (χ2v) is 4.82. The van der Waals surface area contributed by atoms with Gasteiger partial charge in [-0.2, -0.15) is 0 Å². The summed E-state index contributed by atoms with van der Waals surface area (Å²) in [6.07, 6.45) is -0.144. The van der Waals surface area contributed by atoms with Gasteiger partial charge in [-0.25, -0.2) is 4.79 Å². The Morgan fingerprint density at radius 2 is 1.95 bits per heavy atom. The summed E-state index contributed by atoms with van der Waals surface area (Å²) >= 11 is 0. The van der Waals surface area contributed by atoms with Gasteiger partial charge < -0.3 is 19.5 Å². The van der Waals surface area contributed by atoms with Crippen LogP contribution in [-0.2, 0) is 16.1 Å². The van der Waals surface area contributed by atoms with Gasteiger partial charge in [0.2, 0.25) is 0 Å². The maximum atomic E-state index is 11.5. The molecule has 0 saturated heterocycles. The minimum Gasteiger partial charge on any atom is -0.490 e. The lowest BCUT2D eigenvalue weighted by Gasteiger charge is -2.14. The van der Waals surface area contributed by atoms with Crippen LogP contribution in [0, 0.1) is 0 Å². The fraction of sp³-hybridized carbons (Fsp3) is 0.562. The molecule has 0 aliphatic heterocycles. The molecule has 0 amide bonds. The Hall–Kier alpha value is -1.75. The first-order valence-corrected chi connectivity index (χ1v) is 7.35. The number of nitrogens with one attached hydrogen (secondary N) is 1. The average molecular weight is 295 g/mol. The van der Waals surface area contributed by atoms with Crippen molar-refractivity contribution in [1.29, 1.82) is 0 Å². The first-order chi connectivity index (χ1) is 10.1. The smallest absolute Gasteiger partial charge is 0.344 e. The van der Waals surface area contributed by atoms with Crippen molar-refractivity contribution >= 4 is 5.97 Å². The molecule has 0 atom stereocenters. The van der Waals surface area contributed by atoms with Gasteiger partial charge in [0.05, 0.1) is 12.7 Å². The highest BCUT2D eigenvalue weighted by Crippen LogP contribution is 2.28. The Morgan fingerprint density at radius 3 is 2.57 bits per heavy atom. The SMILES string of the molecule is CCNCc1ccc(OCC(=O)OC(C)C)c(OCC)c1. The van der Waals surface area contributed by atoms with E-state index in [4.69, 9.17) is 14.2 Å². The average Bonchev–Trinajstić information content (AvgIpc) is 2.43. The molecule has 5 nitrogen and oxygen atoms in total. The fourth-order valence-corrected chi connectivity index (χ4v) is 1.75. The maximum absolute atomic E-state index is 11.5. The van der Waals surface area contributed by atoms with E-state index in [0.717, 1.165) is 18.7 Å². The molecular weight excluding hydrogens is 270 g/mol. The van der Waals surface area contributed by atoms with E-state index in [0.29, 0.717) is 18.1 Å². The van der Waals surface area contributed by atoms with Crippen molar-refractivity contribution < 1.29 is 19.0 Å². The molecule has 0 unspecified atom stereocenters. The van der Waals surface area contributed by atoms with Crippen LogP contribution in [0.3, 0.4) is 0 Å². The van der Waals surface area contributed by atoms with Crippen LogP contribution in [0.1, 0.15) is 33.3 Å². The molecule has 5 heteroatoms. The molecule has 0 aromatic heterocycles. The molecule has 0 radical (unpaired) electrons. The van der Waals surface area contributed by atoms with Gasteiger partial charge in [0.1, 0.15) is 0 Å². The molecule has 0 bridgehead atoms. The fourth-order valence-electron chi connectivity index (χ4n) is 1.75. The van der Waals surface area contributed by atoms with Crippen LogP contribution >= 0.6 is 0 Å². The van der Waals surface area contributed by atoms with Gasteiger partial charge >= 0.3 is 5.97 Å². The second kappa shape index (κ2) is 9.23. The second-order valence-electron chi connectivity index (χ2n) is 4.82. The monoisotopic (exact) mass is 295 g/mol. The van der Waals surface area contributed by atoms with Crippen LogP contribution in [-0.4, -0.2) is 31.8 Å². The first-order valence-electron chi connectivity index (χ1n) is 7.35. The van der Waals surface area contributed by atoms with E-state index in [9.17, 15) is 4.79 Å². The molecule has 1 aromatic rings. The molecule has 0 fully saturated rings. The molecule has 0 aliphatic rings. The lowest BCUT2D eigenvalue weighted by atomic mass is 10.2. The van der Waals surface area contributed by atoms with Gasteiger partial charge in [0.15, 0.2) is 18.1 Å². The number of carbonyl (C=O) groups is 1. The number of ether oxygens (including phenoxy) is 3. The molecule has 118 valence electrons. The Kier molecular flexibility index (Phi) is 7.61. The van der Waals surface area contributed by atoms with Crippen LogP contribution in [0.5, 0.6) is 11.5 Å². The summed E-state index contributed by atoms with van der Waals surface area (Å²) in [7, 11) is 0. The van der Waals surface area contributed by atoms with Gasteiger partial charge in [-0.15, -0.1) is 0 Å². The summed E-state index contributed by atoms with van der Waals surface area (Å²) in [6.45, 7) is 9.67. The van der Waals surface area contributed by atoms with E-state index in [1.807, 2.05) is 25.1 Å². The Balaban J connectivity index is 2.69. The molecule has 0 aliphatic carbocycles. The van der Waals surface area contributed by atoms with Crippen LogP contribution in [0.25, 0.3) is 0 Å². The van der Waals surface area contributed by atoms with Crippen molar-refractivity contribution in [2.24, 2.45) is 0 Å². The topological polar surface area (TPSA) is 56.8 Å². The predicted molar refractivity (Wildman–Crippen MR) is 81.7 cm³/mol. The molecule has 0 saturated carbocycles. The zero-order valence-corrected chi connectivity index (χ0v) is 13.3. The molecule has 21 heavy (non-hydrogen) atoms. The summed E-state index contributed by atoms with van der Waals surface area (Å²) < 4.78 is 16.1. The van der Waals surface area contributed by atoms with E-state index in [2.05, 4.69) is 12.2 Å². The van der Waals surface area contributed by atoms with Crippen LogP contribution in [0.2, 0.25) is 0 Å². The van der Waals surface area contributed by atoms with E-state index in [1.165, 1.54) is 0 Å². The van der Waals surface area contributed by atoms with E-state index >= 15 is 0 Å². The van der Waals surface area contributed by atoms with E-state index in [-0.39, 0.29) is 18.7 Å². The summed E-state index contributed by atoms with van der Waals surface area (Å²) in [5, 5.41) is 3.25. The number of hydrogen-bond donors (Lipinski definition) is 1. The summed E-state index contributed by atoms with van der Waals surface area (Å²) in [5.74, 6) is 0.812. The largest absolute Gasteiger partial charge is 0.490 e. The first kappa shape index (κ1) is 17.3. The van der Waals surface area contributed by atoms with Crippen LogP contribution in [0.15, 0.2) is 18.2 Å². The van der Waals surface area contributed by atoms with Crippen molar-refractivity contribution in [2.75, 3.05) is 19.8 Å². The molecule has 1 aromatic carbocycles. The number of esters is 1. The van der Waals surface area contributed by atoms with Crippen molar-refractivity contribution in [1.82, 2.24) is 5.32 Å². The van der Waals surface area contributed by atoms with Gasteiger partial charge in [0.25, 0.3) is 0 Å². The number of carbonyl (C=O) groups excluding carboxylic acids is 1. The Bertz CT molecular complexity index is 446. The third-order valence-corrected chi connectivity index (χ3v) is 2.60. The Morgan fingerprint density at radius 1 is 1.19 bits per heavy atom. The van der Waals surface area contributed by atoms with Crippen molar-refractivity contribution in [3.05, 3.63) is 23.8 Å². The summed E-state index contributed by atoms with van der Waals surface area (Å²) in [6, 6.07) is 5.70. The molecular formula is C16H25NO4. The highest BCUT2D eigenvalue weighted by atomic mass is 16.6. The highest BCUT2D eigenvalue weighted by molar-refractivity contribution is 5.71. The minimum absolute atomic E-state index is 0.120. The lowest BCUT2D eigenvalue weighted by Crippen LogP contribution is -2.19. The molecule has 0 spiro atoms. The number of benzene rings is 1. The van der Waals surface area contributed by atoms with E-state index in [1.54, 1.807) is 13.8 Å². The summed E-state index contributed by atoms with van der Waals surface area (Å²) in [5.41, 5.74) is 1.11. The van der Waals surface area contributed by atoms with Gasteiger partial charge in [0, 0.05) is 6.54 Å². The quantitative estimate of drug-likeness (QED) is 0.709. The third kappa shape index (κ3) is 6.49. The van der Waals surface area contributed by atoms with Crippen LogP contribution < -0.4 is 14.8 Å². The van der Waals surface area contributed by atoms with Gasteiger partial charge in [-0.1, -0.05) is 13.0 Å². The lowest BCUT2D eigenvalue weighted by molar-refractivity contribution is -0.149. The molecule has 0 heterocycles. The molecule has 1 N–H and O–H groups in total. The zero-order valence-electron chi connectivity index (χ0n) is 13.3. The van der Waals surface area contributed by atoms with Crippen LogP contribution in [0.4, 0.5) is 0 Å². The summed E-state index contributed by atoms with van der Waals surface area (Å²) in [4.78, 5) is 11.5. The van der Waals surface area contributed by atoms with Crippen molar-refractivity contribution in [3.63, 3.8) is 0 Å². The number of hydrogen-bond acceptors (Lipinski definition) is 5. The predicted octanol–water partition coefficient (Wildman–Crippen LogP) is 2.53. The third-order valence-electron chi connectivity index (χ3n) is 2.60. The van der Waals surface area contributed by atoms with Crippen molar-refractivity contribution in [3.8, 4) is 11.5 Å². The Labute approximate surface area is 126 Å². The van der Waals surface area contributed by atoms with Gasteiger partial charge in [-0.05, 0) is 45.0 Å². The molecule has 1 rings (SSSR count). The zero-order chi connectivity index (χ0) is 15.7. The number of rotatable bonds is 9. The standard InChI is InChI=1S/C16H25NO4/c1-5-17-10-13-7-8-14(15(9-13)19-6-2)20-11-16(18)21-12(3)4/h7-9,12,17H,5-6,10-11H2,1-4H3. The van der Waals surface area contributed by atoms with E-state index < -0.39 is 0 Å². The van der Waals surface area contributed by atoms with Gasteiger partial charge in [-0.3, -0.25) is 0 Å². The van der Waals surface area contributed by atoms with Crippen molar-refractivity contribution in [2.45, 2.75) is 40.3 Å². The minimum atomic E-state index is -0.385.